The molecular formula is C22H20F3N3O5. The molecule has 0 atom stereocenters. The number of ether oxygens (including phenoxy) is 3. The van der Waals surface area contributed by atoms with Gasteiger partial charge in [0.25, 0.3) is 5.91 Å². The third-order valence-corrected chi connectivity index (χ3v) is 5.32. The van der Waals surface area contributed by atoms with E-state index in [0.29, 0.717) is 35.9 Å². The number of carbonyl (C=O) groups is 1. The molecule has 33 heavy (non-hydrogen) atoms. The van der Waals surface area contributed by atoms with E-state index in [9.17, 15) is 18.0 Å². The molecule has 1 saturated heterocycles. The fourth-order valence-electron chi connectivity index (χ4n) is 3.54. The summed E-state index contributed by atoms with van der Waals surface area (Å²) >= 11 is 0. The van der Waals surface area contributed by atoms with Crippen molar-refractivity contribution in [1.82, 2.24) is 15.0 Å². The predicted octanol–water partition coefficient (Wildman–Crippen LogP) is 4.02. The lowest BCUT2D eigenvalue weighted by molar-refractivity contribution is -0.137. The van der Waals surface area contributed by atoms with Crippen molar-refractivity contribution in [3.8, 4) is 28.6 Å². The van der Waals surface area contributed by atoms with Gasteiger partial charge >= 0.3 is 6.18 Å². The number of rotatable bonds is 6. The second-order valence-electron chi connectivity index (χ2n) is 7.36. The molecule has 2 heterocycles. The summed E-state index contributed by atoms with van der Waals surface area (Å²) in [4.78, 5) is 18.7. The Morgan fingerprint density at radius 2 is 1.73 bits per heavy atom. The summed E-state index contributed by atoms with van der Waals surface area (Å²) in [7, 11) is 4.39. The number of nitrogens with zero attached hydrogens (tertiary/aromatic N) is 3. The van der Waals surface area contributed by atoms with Crippen LogP contribution in [0.15, 0.2) is 40.9 Å². The zero-order chi connectivity index (χ0) is 23.8. The lowest BCUT2D eigenvalue weighted by Gasteiger charge is -2.37. The summed E-state index contributed by atoms with van der Waals surface area (Å²) in [6.45, 7) is 0.638. The summed E-state index contributed by atoms with van der Waals surface area (Å²) in [5.41, 5.74) is -0.236. The molecule has 1 aromatic heterocycles. The van der Waals surface area contributed by atoms with Crippen molar-refractivity contribution < 1.29 is 36.7 Å². The van der Waals surface area contributed by atoms with E-state index in [-0.39, 0.29) is 29.1 Å². The highest BCUT2D eigenvalue weighted by Crippen LogP contribution is 2.39. The molecule has 0 saturated carbocycles. The lowest BCUT2D eigenvalue weighted by Crippen LogP contribution is -2.48. The van der Waals surface area contributed by atoms with Gasteiger partial charge in [-0.05, 0) is 24.3 Å². The molecule has 8 nitrogen and oxygen atoms in total. The molecule has 2 aromatic carbocycles. The van der Waals surface area contributed by atoms with Crippen molar-refractivity contribution in [2.45, 2.75) is 12.1 Å². The number of hydrogen-bond acceptors (Lipinski definition) is 7. The number of halogens is 3. The molecule has 0 radical (unpaired) electrons. The van der Waals surface area contributed by atoms with E-state index in [0.717, 1.165) is 12.1 Å². The second-order valence-corrected chi connectivity index (χ2v) is 7.36. The van der Waals surface area contributed by atoms with E-state index in [1.807, 2.05) is 0 Å². The van der Waals surface area contributed by atoms with Crippen LogP contribution in [-0.4, -0.2) is 55.4 Å². The first kappa shape index (κ1) is 22.4. The molecule has 1 amide bonds. The molecule has 1 fully saturated rings. The quantitative estimate of drug-likeness (QED) is 0.546. The van der Waals surface area contributed by atoms with Crippen molar-refractivity contribution in [1.29, 1.82) is 0 Å². The van der Waals surface area contributed by atoms with Crippen LogP contribution in [0.25, 0.3) is 11.4 Å². The Morgan fingerprint density at radius 3 is 2.30 bits per heavy atom. The number of benzene rings is 2. The molecule has 1 aliphatic rings. The third-order valence-electron chi connectivity index (χ3n) is 5.32. The number of methoxy groups -OCH3 is 3. The SMILES string of the molecule is COc1cc(C(=O)N2CC(c3nc(-c4cccc(C(F)(F)F)c4)no3)C2)cc(OC)c1OC. The van der Waals surface area contributed by atoms with E-state index in [4.69, 9.17) is 18.7 Å². The first-order valence-electron chi connectivity index (χ1n) is 9.85. The molecule has 11 heteroatoms. The van der Waals surface area contributed by atoms with Gasteiger partial charge in [0.2, 0.25) is 17.5 Å². The van der Waals surface area contributed by atoms with E-state index < -0.39 is 11.7 Å². The van der Waals surface area contributed by atoms with Gasteiger partial charge in [0.15, 0.2) is 11.5 Å². The van der Waals surface area contributed by atoms with Crippen molar-refractivity contribution >= 4 is 5.91 Å². The molecule has 174 valence electrons. The molecule has 0 unspecified atom stereocenters. The molecular weight excluding hydrogens is 443 g/mol. The monoisotopic (exact) mass is 463 g/mol. The molecule has 0 spiro atoms. The molecule has 4 rings (SSSR count). The van der Waals surface area contributed by atoms with Crippen LogP contribution < -0.4 is 14.2 Å². The molecule has 1 aliphatic heterocycles. The van der Waals surface area contributed by atoms with Gasteiger partial charge in [-0.3, -0.25) is 4.79 Å². The van der Waals surface area contributed by atoms with Gasteiger partial charge in [0, 0.05) is 24.2 Å². The van der Waals surface area contributed by atoms with Gasteiger partial charge < -0.3 is 23.6 Å². The Morgan fingerprint density at radius 1 is 1.06 bits per heavy atom. The standard InChI is InChI=1S/C22H20F3N3O5/c1-30-16-8-13(9-17(31-2)18(16)32-3)21(29)28-10-14(11-28)20-26-19(27-33-20)12-5-4-6-15(7-12)22(23,24)25/h4-9,14H,10-11H2,1-3H3. The van der Waals surface area contributed by atoms with Gasteiger partial charge in [-0.2, -0.15) is 18.2 Å². The minimum absolute atomic E-state index is 0.0607. The Balaban J connectivity index is 1.46. The summed E-state index contributed by atoms with van der Waals surface area (Å²) in [6, 6.07) is 7.84. The summed E-state index contributed by atoms with van der Waals surface area (Å²) in [6.07, 6.45) is -4.47. The second kappa shape index (κ2) is 8.64. The van der Waals surface area contributed by atoms with Gasteiger partial charge in [-0.15, -0.1) is 0 Å². The van der Waals surface area contributed by atoms with Crippen molar-refractivity contribution in [3.63, 3.8) is 0 Å². The maximum Gasteiger partial charge on any atom is 0.416 e. The van der Waals surface area contributed by atoms with Crippen LogP contribution in [0.1, 0.15) is 27.7 Å². The van der Waals surface area contributed by atoms with Gasteiger partial charge in [-0.25, -0.2) is 0 Å². The fourth-order valence-corrected chi connectivity index (χ4v) is 3.54. The Bertz CT molecular complexity index is 1150. The lowest BCUT2D eigenvalue weighted by atomic mass is 9.98. The van der Waals surface area contributed by atoms with Crippen molar-refractivity contribution in [3.05, 3.63) is 53.4 Å². The topological polar surface area (TPSA) is 86.9 Å². The third kappa shape index (κ3) is 4.30. The highest BCUT2D eigenvalue weighted by molar-refractivity contribution is 5.96. The maximum absolute atomic E-state index is 13.0. The number of hydrogen-bond donors (Lipinski definition) is 0. The molecule has 0 aliphatic carbocycles. The van der Waals surface area contributed by atoms with Crippen molar-refractivity contribution in [2.75, 3.05) is 34.4 Å². The average molecular weight is 463 g/mol. The summed E-state index contributed by atoms with van der Waals surface area (Å²) in [5, 5.41) is 3.80. The summed E-state index contributed by atoms with van der Waals surface area (Å²) in [5.74, 6) is 0.957. The van der Waals surface area contributed by atoms with Gasteiger partial charge in [0.05, 0.1) is 32.8 Å². The molecule has 3 aromatic rings. The molecule has 0 bridgehead atoms. The number of carbonyl (C=O) groups excluding carboxylic acids is 1. The number of aromatic nitrogens is 2. The minimum Gasteiger partial charge on any atom is -0.493 e. The van der Waals surface area contributed by atoms with E-state index >= 15 is 0 Å². The highest BCUT2D eigenvalue weighted by Gasteiger charge is 2.37. The normalized spacial score (nSPS) is 14.1. The van der Waals surface area contributed by atoms with Crippen LogP contribution >= 0.6 is 0 Å². The van der Waals surface area contributed by atoms with Crippen LogP contribution in [0.2, 0.25) is 0 Å². The number of likely N-dealkylation sites (tertiary alicyclic amines) is 1. The van der Waals surface area contributed by atoms with E-state index in [1.165, 1.54) is 33.5 Å². The van der Waals surface area contributed by atoms with E-state index in [2.05, 4.69) is 10.1 Å². The number of amides is 1. The van der Waals surface area contributed by atoms with E-state index in [1.54, 1.807) is 17.0 Å². The first-order valence-corrected chi connectivity index (χ1v) is 9.85. The summed E-state index contributed by atoms with van der Waals surface area (Å²) < 4.78 is 59.9. The number of alkyl halides is 3. The smallest absolute Gasteiger partial charge is 0.416 e. The van der Waals surface area contributed by atoms with Gasteiger partial charge in [-0.1, -0.05) is 17.3 Å². The minimum atomic E-state index is -4.47. The predicted molar refractivity (Wildman–Crippen MR) is 109 cm³/mol. The Hall–Kier alpha value is -3.76. The molecule has 0 N–H and O–H groups in total. The van der Waals surface area contributed by atoms with Crippen LogP contribution in [-0.2, 0) is 6.18 Å². The maximum atomic E-state index is 13.0. The average Bonchev–Trinajstić information content (AvgIpc) is 3.26. The highest BCUT2D eigenvalue weighted by atomic mass is 19.4. The van der Waals surface area contributed by atoms with Crippen LogP contribution in [0, 0.1) is 0 Å². The van der Waals surface area contributed by atoms with Crippen LogP contribution in [0.3, 0.4) is 0 Å². The Labute approximate surface area is 186 Å². The zero-order valence-electron chi connectivity index (χ0n) is 18.0. The van der Waals surface area contributed by atoms with Crippen LogP contribution in [0.5, 0.6) is 17.2 Å². The van der Waals surface area contributed by atoms with Crippen LogP contribution in [0.4, 0.5) is 13.2 Å². The van der Waals surface area contributed by atoms with Crippen molar-refractivity contribution in [2.24, 2.45) is 0 Å². The first-order chi connectivity index (χ1) is 15.7. The largest absolute Gasteiger partial charge is 0.493 e. The fraction of sp³-hybridized carbons (Fsp3) is 0.318. The Kier molecular flexibility index (Phi) is 5.88. The zero-order valence-corrected chi connectivity index (χ0v) is 18.0. The van der Waals surface area contributed by atoms with Gasteiger partial charge in [0.1, 0.15) is 0 Å².